The number of fused-ring (bicyclic) bond motifs is 1. The molecule has 9 heteroatoms. The van der Waals surface area contributed by atoms with Crippen molar-refractivity contribution in [1.29, 1.82) is 0 Å². The maximum Gasteiger partial charge on any atom is 0.255 e. The molecule has 3 aliphatic rings. The second-order valence-electron chi connectivity index (χ2n) is 9.13. The van der Waals surface area contributed by atoms with Gasteiger partial charge in [-0.3, -0.25) is 24.6 Å². The molecule has 2 saturated heterocycles. The first-order chi connectivity index (χ1) is 17.1. The van der Waals surface area contributed by atoms with E-state index in [-0.39, 0.29) is 18.2 Å². The van der Waals surface area contributed by atoms with Gasteiger partial charge in [0, 0.05) is 57.8 Å². The predicted molar refractivity (Wildman–Crippen MR) is 131 cm³/mol. The highest BCUT2D eigenvalue weighted by atomic mass is 16.5. The van der Waals surface area contributed by atoms with E-state index in [1.54, 1.807) is 11.0 Å². The van der Waals surface area contributed by atoms with Crippen LogP contribution in [0.1, 0.15) is 34.3 Å². The van der Waals surface area contributed by atoms with Crippen molar-refractivity contribution >= 4 is 23.4 Å². The van der Waals surface area contributed by atoms with Crippen LogP contribution in [0.2, 0.25) is 0 Å². The molecule has 0 bridgehead atoms. The number of ether oxygens (including phenoxy) is 1. The Hall–Kier alpha value is -3.43. The van der Waals surface area contributed by atoms with Crippen LogP contribution < -0.4 is 20.7 Å². The molecular weight excluding hydrogens is 446 g/mol. The minimum Gasteiger partial charge on any atom is -0.490 e. The van der Waals surface area contributed by atoms with Gasteiger partial charge >= 0.3 is 0 Å². The molecule has 3 heterocycles. The number of nitrogens with zero attached hydrogens (tertiary/aromatic N) is 2. The number of imide groups is 1. The maximum atomic E-state index is 13.1. The van der Waals surface area contributed by atoms with Crippen molar-refractivity contribution in [3.63, 3.8) is 0 Å². The van der Waals surface area contributed by atoms with Crippen molar-refractivity contribution in [2.45, 2.75) is 32.0 Å². The van der Waals surface area contributed by atoms with Gasteiger partial charge in [0.1, 0.15) is 18.4 Å². The number of benzene rings is 2. The molecule has 5 rings (SSSR count). The van der Waals surface area contributed by atoms with Crippen LogP contribution in [-0.4, -0.2) is 72.9 Å². The fourth-order valence-electron chi connectivity index (χ4n) is 4.96. The number of amides is 3. The Kier molecular flexibility index (Phi) is 6.96. The third kappa shape index (κ3) is 5.16. The highest BCUT2D eigenvalue weighted by Gasteiger charge is 2.39. The molecule has 3 N–H and O–H groups in total. The third-order valence-electron chi connectivity index (χ3n) is 6.91. The number of rotatable bonds is 8. The van der Waals surface area contributed by atoms with E-state index in [0.29, 0.717) is 31.7 Å². The molecule has 0 aliphatic carbocycles. The SMILES string of the molecule is O=C1CCC(N2Cc3c(CNc4ccccc4OCCN4CCNCC4)cccc3C2=O)C(=O)N1. The van der Waals surface area contributed by atoms with Crippen molar-refractivity contribution in [3.05, 3.63) is 59.2 Å². The number of para-hydroxylation sites is 2. The summed E-state index contributed by atoms with van der Waals surface area (Å²) < 4.78 is 6.10. The minimum atomic E-state index is -0.613. The fourth-order valence-corrected chi connectivity index (χ4v) is 4.96. The van der Waals surface area contributed by atoms with E-state index in [1.807, 2.05) is 36.4 Å². The number of hydrogen-bond donors (Lipinski definition) is 3. The van der Waals surface area contributed by atoms with Gasteiger partial charge in [0.15, 0.2) is 0 Å². The Labute approximate surface area is 204 Å². The zero-order valence-corrected chi connectivity index (χ0v) is 19.7. The lowest BCUT2D eigenvalue weighted by atomic mass is 10.0. The summed E-state index contributed by atoms with van der Waals surface area (Å²) in [5.74, 6) is -0.0347. The zero-order valence-electron chi connectivity index (χ0n) is 19.7. The molecule has 184 valence electrons. The summed E-state index contributed by atoms with van der Waals surface area (Å²) in [4.78, 5) is 40.9. The first-order valence-corrected chi connectivity index (χ1v) is 12.2. The summed E-state index contributed by atoms with van der Waals surface area (Å²) in [6.45, 7) is 6.51. The van der Waals surface area contributed by atoms with E-state index in [2.05, 4.69) is 20.9 Å². The summed E-state index contributed by atoms with van der Waals surface area (Å²) in [5, 5.41) is 9.18. The number of nitrogens with one attached hydrogen (secondary N) is 3. The average Bonchev–Trinajstić information content (AvgIpc) is 3.21. The molecule has 35 heavy (non-hydrogen) atoms. The molecule has 1 atom stereocenters. The monoisotopic (exact) mass is 477 g/mol. The van der Waals surface area contributed by atoms with Crippen LogP contribution in [0.4, 0.5) is 5.69 Å². The lowest BCUT2D eigenvalue weighted by Crippen LogP contribution is -2.52. The van der Waals surface area contributed by atoms with Crippen LogP contribution in [0.15, 0.2) is 42.5 Å². The lowest BCUT2D eigenvalue weighted by Gasteiger charge is -2.29. The highest BCUT2D eigenvalue weighted by molar-refractivity contribution is 6.05. The zero-order chi connectivity index (χ0) is 24.2. The van der Waals surface area contributed by atoms with Gasteiger partial charge in [-0.15, -0.1) is 0 Å². The van der Waals surface area contributed by atoms with Gasteiger partial charge in [-0.05, 0) is 35.7 Å². The second-order valence-corrected chi connectivity index (χ2v) is 9.13. The van der Waals surface area contributed by atoms with Crippen molar-refractivity contribution in [2.75, 3.05) is 44.6 Å². The van der Waals surface area contributed by atoms with E-state index in [0.717, 1.165) is 55.3 Å². The number of hydrogen-bond acceptors (Lipinski definition) is 7. The number of anilines is 1. The number of carbonyl (C=O) groups is 3. The van der Waals surface area contributed by atoms with E-state index in [1.165, 1.54) is 0 Å². The number of piperazine rings is 1. The van der Waals surface area contributed by atoms with Gasteiger partial charge in [-0.1, -0.05) is 24.3 Å². The average molecular weight is 478 g/mol. The molecule has 1 unspecified atom stereocenters. The van der Waals surface area contributed by atoms with Gasteiger partial charge in [0.05, 0.1) is 5.69 Å². The molecule has 3 aliphatic heterocycles. The molecule has 2 fully saturated rings. The van der Waals surface area contributed by atoms with E-state index in [4.69, 9.17) is 4.74 Å². The predicted octanol–water partition coefficient (Wildman–Crippen LogP) is 1.34. The Morgan fingerprint density at radius 1 is 1.03 bits per heavy atom. The highest BCUT2D eigenvalue weighted by Crippen LogP contribution is 2.31. The molecule has 0 aromatic heterocycles. The summed E-state index contributed by atoms with van der Waals surface area (Å²) in [6, 6.07) is 12.9. The molecule has 0 saturated carbocycles. The molecule has 9 nitrogen and oxygen atoms in total. The number of piperidine rings is 1. The van der Waals surface area contributed by atoms with E-state index in [9.17, 15) is 14.4 Å². The van der Waals surface area contributed by atoms with E-state index >= 15 is 0 Å². The van der Waals surface area contributed by atoms with Crippen molar-refractivity contribution < 1.29 is 19.1 Å². The van der Waals surface area contributed by atoms with Crippen molar-refractivity contribution in [1.82, 2.24) is 20.4 Å². The van der Waals surface area contributed by atoms with Crippen LogP contribution >= 0.6 is 0 Å². The molecule has 3 amide bonds. The largest absolute Gasteiger partial charge is 0.490 e. The van der Waals surface area contributed by atoms with Crippen molar-refractivity contribution in [3.8, 4) is 5.75 Å². The van der Waals surface area contributed by atoms with Gasteiger partial charge < -0.3 is 20.3 Å². The molecular formula is C26H31N5O4. The van der Waals surface area contributed by atoms with Crippen LogP contribution in [0, 0.1) is 0 Å². The first kappa shape index (κ1) is 23.3. The summed E-state index contributed by atoms with van der Waals surface area (Å²) in [6.07, 6.45) is 0.604. The third-order valence-corrected chi connectivity index (χ3v) is 6.91. The molecule has 2 aromatic rings. The summed E-state index contributed by atoms with van der Waals surface area (Å²) in [5.41, 5.74) is 3.44. The Morgan fingerprint density at radius 2 is 1.86 bits per heavy atom. The smallest absolute Gasteiger partial charge is 0.255 e. The Morgan fingerprint density at radius 3 is 2.69 bits per heavy atom. The lowest BCUT2D eigenvalue weighted by molar-refractivity contribution is -0.136. The Balaban J connectivity index is 1.23. The molecule has 0 spiro atoms. The standard InChI is InChI=1S/C26H31N5O4/c32-24-9-8-22(25(33)29-24)31-17-20-18(4-3-5-19(20)26(31)34)16-28-21-6-1-2-7-23(21)35-15-14-30-12-10-27-11-13-30/h1-7,22,27-28H,8-17H2,(H,29,32,33). The molecule has 2 aromatic carbocycles. The minimum absolute atomic E-state index is 0.159. The fraction of sp³-hybridized carbons (Fsp3) is 0.423. The van der Waals surface area contributed by atoms with Crippen LogP contribution in [0.5, 0.6) is 5.75 Å². The maximum absolute atomic E-state index is 13.1. The van der Waals surface area contributed by atoms with E-state index < -0.39 is 11.9 Å². The van der Waals surface area contributed by atoms with Crippen LogP contribution in [0.3, 0.4) is 0 Å². The first-order valence-electron chi connectivity index (χ1n) is 12.2. The van der Waals surface area contributed by atoms with Gasteiger partial charge in [0.25, 0.3) is 5.91 Å². The van der Waals surface area contributed by atoms with Crippen molar-refractivity contribution in [2.24, 2.45) is 0 Å². The topological polar surface area (TPSA) is 103 Å². The quantitative estimate of drug-likeness (QED) is 0.493. The van der Waals surface area contributed by atoms with Gasteiger partial charge in [0.2, 0.25) is 11.8 Å². The van der Waals surface area contributed by atoms with Gasteiger partial charge in [-0.2, -0.15) is 0 Å². The second kappa shape index (κ2) is 10.5. The summed E-state index contributed by atoms with van der Waals surface area (Å²) in [7, 11) is 0. The Bertz CT molecular complexity index is 1110. The van der Waals surface area contributed by atoms with Crippen LogP contribution in [0.25, 0.3) is 0 Å². The molecule has 0 radical (unpaired) electrons. The number of carbonyl (C=O) groups excluding carboxylic acids is 3. The normalized spacial score (nSPS) is 20.5. The van der Waals surface area contributed by atoms with Gasteiger partial charge in [-0.25, -0.2) is 0 Å². The van der Waals surface area contributed by atoms with Crippen LogP contribution in [-0.2, 0) is 22.7 Å². The summed E-state index contributed by atoms with van der Waals surface area (Å²) >= 11 is 0.